The van der Waals surface area contributed by atoms with E-state index in [0.717, 1.165) is 11.8 Å². The van der Waals surface area contributed by atoms with E-state index in [1.54, 1.807) is 11.1 Å². The number of hydrogen-bond donors (Lipinski definition) is 0. The smallest absolute Gasteiger partial charge is 0.0105 e. The second-order valence-corrected chi connectivity index (χ2v) is 8.64. The van der Waals surface area contributed by atoms with E-state index in [0.29, 0.717) is 10.8 Å². The summed E-state index contributed by atoms with van der Waals surface area (Å²) in [7, 11) is 0. The maximum Gasteiger partial charge on any atom is -0.0105 e. The Hall–Kier alpha value is -0.520. The Balaban J connectivity index is 1.99. The standard InChI is InChI=1S/C20H32/c1-14(2)16-8-11-20(5)13-18-15(3)7-6-10-19(18,4)12-9-17(16)20/h14,18H,3,6-13H2,1-2,4-5H3/t18-,19+,20+/m0/s1. The SMILES string of the molecule is C=C1CCC[C@]2(C)CCC3=C(C(C)C)CC[C@]3(C)C[C@@H]12. The van der Waals surface area contributed by atoms with E-state index in [1.165, 1.54) is 51.4 Å². The molecule has 0 amide bonds. The Labute approximate surface area is 125 Å². The third-order valence-corrected chi connectivity index (χ3v) is 6.94. The molecule has 20 heavy (non-hydrogen) atoms. The van der Waals surface area contributed by atoms with Crippen LogP contribution in [0.4, 0.5) is 0 Å². The van der Waals surface area contributed by atoms with Gasteiger partial charge in [0.25, 0.3) is 0 Å². The predicted molar refractivity (Wildman–Crippen MR) is 87.6 cm³/mol. The van der Waals surface area contributed by atoms with Crippen LogP contribution in [-0.4, -0.2) is 0 Å². The molecule has 0 aromatic heterocycles. The average molecular weight is 272 g/mol. The fourth-order valence-corrected chi connectivity index (χ4v) is 5.54. The van der Waals surface area contributed by atoms with Crippen LogP contribution in [-0.2, 0) is 0 Å². The van der Waals surface area contributed by atoms with Gasteiger partial charge >= 0.3 is 0 Å². The third kappa shape index (κ3) is 2.11. The highest BCUT2D eigenvalue weighted by atomic mass is 14.5. The van der Waals surface area contributed by atoms with Crippen molar-refractivity contribution in [3.8, 4) is 0 Å². The molecule has 0 radical (unpaired) electrons. The summed E-state index contributed by atoms with van der Waals surface area (Å²) in [6.45, 7) is 14.4. The predicted octanol–water partition coefficient (Wildman–Crippen LogP) is 6.29. The molecule has 0 aliphatic heterocycles. The first-order valence-corrected chi connectivity index (χ1v) is 8.76. The van der Waals surface area contributed by atoms with E-state index in [9.17, 15) is 0 Å². The Bertz CT molecular complexity index is 453. The molecule has 3 aliphatic carbocycles. The fourth-order valence-electron chi connectivity index (χ4n) is 5.54. The van der Waals surface area contributed by atoms with Gasteiger partial charge in [-0.3, -0.25) is 0 Å². The zero-order chi connectivity index (χ0) is 14.5. The maximum atomic E-state index is 4.47. The van der Waals surface area contributed by atoms with Gasteiger partial charge < -0.3 is 0 Å². The minimum atomic E-state index is 0.488. The van der Waals surface area contributed by atoms with Gasteiger partial charge in [0, 0.05) is 0 Å². The molecule has 3 atom stereocenters. The van der Waals surface area contributed by atoms with Crippen molar-refractivity contribution in [2.24, 2.45) is 22.7 Å². The first-order valence-electron chi connectivity index (χ1n) is 8.76. The highest BCUT2D eigenvalue weighted by molar-refractivity contribution is 5.32. The fraction of sp³-hybridized carbons (Fsp3) is 0.800. The molecule has 0 N–H and O–H groups in total. The molecule has 2 fully saturated rings. The summed E-state index contributed by atoms with van der Waals surface area (Å²) < 4.78 is 0. The van der Waals surface area contributed by atoms with Crippen LogP contribution < -0.4 is 0 Å². The number of hydrogen-bond acceptors (Lipinski definition) is 0. The topological polar surface area (TPSA) is 0 Å². The summed E-state index contributed by atoms with van der Waals surface area (Å²) >= 11 is 0. The van der Waals surface area contributed by atoms with Crippen molar-refractivity contribution in [2.45, 2.75) is 79.1 Å². The zero-order valence-corrected chi connectivity index (χ0v) is 14.0. The molecular weight excluding hydrogens is 240 g/mol. The molecule has 3 aliphatic rings. The number of allylic oxidation sites excluding steroid dienone is 3. The molecule has 0 aromatic rings. The van der Waals surface area contributed by atoms with Crippen molar-refractivity contribution in [1.82, 2.24) is 0 Å². The van der Waals surface area contributed by atoms with Crippen LogP contribution in [0.5, 0.6) is 0 Å². The molecule has 0 saturated heterocycles. The molecule has 0 bridgehead atoms. The van der Waals surface area contributed by atoms with E-state index in [-0.39, 0.29) is 0 Å². The summed E-state index contributed by atoms with van der Waals surface area (Å²) in [5.41, 5.74) is 6.26. The van der Waals surface area contributed by atoms with Crippen LogP contribution in [0.15, 0.2) is 23.3 Å². The summed E-state index contributed by atoms with van der Waals surface area (Å²) in [5.74, 6) is 1.54. The van der Waals surface area contributed by atoms with Gasteiger partial charge in [0.05, 0.1) is 0 Å². The molecule has 0 nitrogen and oxygen atoms in total. The zero-order valence-electron chi connectivity index (χ0n) is 14.0. The molecule has 0 heterocycles. The van der Waals surface area contributed by atoms with Crippen LogP contribution >= 0.6 is 0 Å². The average Bonchev–Trinajstić information content (AvgIpc) is 2.64. The van der Waals surface area contributed by atoms with Crippen molar-refractivity contribution >= 4 is 0 Å². The van der Waals surface area contributed by atoms with E-state index in [2.05, 4.69) is 34.3 Å². The summed E-state index contributed by atoms with van der Waals surface area (Å²) in [6, 6.07) is 0. The van der Waals surface area contributed by atoms with Gasteiger partial charge in [0.1, 0.15) is 0 Å². The lowest BCUT2D eigenvalue weighted by Gasteiger charge is -2.44. The lowest BCUT2D eigenvalue weighted by molar-refractivity contribution is 0.129. The van der Waals surface area contributed by atoms with E-state index < -0.39 is 0 Å². The van der Waals surface area contributed by atoms with Gasteiger partial charge in [-0.15, -0.1) is 0 Å². The van der Waals surface area contributed by atoms with E-state index in [1.807, 2.05) is 5.57 Å². The summed E-state index contributed by atoms with van der Waals surface area (Å²) in [4.78, 5) is 0. The van der Waals surface area contributed by atoms with Gasteiger partial charge in [-0.05, 0) is 74.0 Å². The Kier molecular flexibility index (Phi) is 3.42. The van der Waals surface area contributed by atoms with E-state index >= 15 is 0 Å². The van der Waals surface area contributed by atoms with Gasteiger partial charge in [0.15, 0.2) is 0 Å². The normalized spacial score (nSPS) is 41.6. The first-order chi connectivity index (χ1) is 9.36. The van der Waals surface area contributed by atoms with Gasteiger partial charge in [0.2, 0.25) is 0 Å². The summed E-state index contributed by atoms with van der Waals surface area (Å²) in [6.07, 6.45) is 11.0. The monoisotopic (exact) mass is 272 g/mol. The third-order valence-electron chi connectivity index (χ3n) is 6.94. The van der Waals surface area contributed by atoms with Crippen LogP contribution in [0, 0.1) is 22.7 Å². The second-order valence-electron chi connectivity index (χ2n) is 8.64. The van der Waals surface area contributed by atoms with Crippen LogP contribution in [0.3, 0.4) is 0 Å². The van der Waals surface area contributed by atoms with Crippen molar-refractivity contribution in [3.63, 3.8) is 0 Å². The number of rotatable bonds is 1. The molecule has 0 spiro atoms. The lowest BCUT2D eigenvalue weighted by Crippen LogP contribution is -2.33. The van der Waals surface area contributed by atoms with Gasteiger partial charge in [-0.1, -0.05) is 51.0 Å². The molecule has 0 unspecified atom stereocenters. The minimum Gasteiger partial charge on any atom is -0.0996 e. The molecule has 112 valence electrons. The summed E-state index contributed by atoms with van der Waals surface area (Å²) in [5, 5.41) is 0. The highest BCUT2D eigenvalue weighted by Gasteiger charge is 2.48. The van der Waals surface area contributed by atoms with Crippen LogP contribution in [0.25, 0.3) is 0 Å². The number of fused-ring (bicyclic) bond motifs is 2. The first kappa shape index (κ1) is 14.4. The van der Waals surface area contributed by atoms with Crippen molar-refractivity contribution in [2.75, 3.05) is 0 Å². The van der Waals surface area contributed by atoms with Gasteiger partial charge in [-0.25, -0.2) is 0 Å². The van der Waals surface area contributed by atoms with Gasteiger partial charge in [-0.2, -0.15) is 0 Å². The quantitative estimate of drug-likeness (QED) is 0.492. The molecular formula is C20H32. The van der Waals surface area contributed by atoms with Crippen molar-refractivity contribution in [1.29, 1.82) is 0 Å². The second kappa shape index (κ2) is 4.75. The molecule has 2 saturated carbocycles. The van der Waals surface area contributed by atoms with Crippen molar-refractivity contribution in [3.05, 3.63) is 23.3 Å². The Morgan fingerprint density at radius 3 is 2.50 bits per heavy atom. The highest BCUT2D eigenvalue weighted by Crippen LogP contribution is 2.60. The lowest BCUT2D eigenvalue weighted by atomic mass is 9.61. The molecule has 0 heteroatoms. The molecule has 3 rings (SSSR count). The van der Waals surface area contributed by atoms with E-state index in [4.69, 9.17) is 0 Å². The largest absolute Gasteiger partial charge is 0.0996 e. The van der Waals surface area contributed by atoms with Crippen molar-refractivity contribution < 1.29 is 0 Å². The molecule has 0 aromatic carbocycles. The Morgan fingerprint density at radius 2 is 1.80 bits per heavy atom. The van der Waals surface area contributed by atoms with Crippen LogP contribution in [0.1, 0.15) is 79.1 Å². The minimum absolute atomic E-state index is 0.488. The Morgan fingerprint density at radius 1 is 1.05 bits per heavy atom. The van der Waals surface area contributed by atoms with Crippen LogP contribution in [0.2, 0.25) is 0 Å². The maximum absolute atomic E-state index is 4.47.